The zero-order chi connectivity index (χ0) is 12.6. The van der Waals surface area contributed by atoms with Crippen LogP contribution in [-0.2, 0) is 0 Å². The fourth-order valence-electron chi connectivity index (χ4n) is 1.40. The minimum atomic E-state index is -0.700. The fourth-order valence-corrected chi connectivity index (χ4v) is 2.90. The molecule has 1 nitrogen and oxygen atoms in total. The standard InChI is InChI=1S/C12H7BrF2OS/c1-6-4-10(15)7(5-9(6)14)11(16)12-8(13)2-3-17-12/h2-5H,1H3. The molecule has 0 aliphatic heterocycles. The Kier molecular flexibility index (Phi) is 3.40. The normalized spacial score (nSPS) is 10.6. The van der Waals surface area contributed by atoms with Crippen LogP contribution in [0.3, 0.4) is 0 Å². The lowest BCUT2D eigenvalue weighted by atomic mass is 10.1. The summed E-state index contributed by atoms with van der Waals surface area (Å²) in [6, 6.07) is 3.67. The van der Waals surface area contributed by atoms with Crippen LogP contribution in [0.4, 0.5) is 8.78 Å². The molecular formula is C12H7BrF2OS. The minimum absolute atomic E-state index is 0.185. The Labute approximate surface area is 109 Å². The highest BCUT2D eigenvalue weighted by molar-refractivity contribution is 9.10. The van der Waals surface area contributed by atoms with Crippen LogP contribution in [0.15, 0.2) is 28.1 Å². The molecule has 0 spiro atoms. The highest BCUT2D eigenvalue weighted by Gasteiger charge is 2.19. The van der Waals surface area contributed by atoms with E-state index in [0.717, 1.165) is 12.1 Å². The summed E-state index contributed by atoms with van der Waals surface area (Å²) >= 11 is 4.38. The van der Waals surface area contributed by atoms with Gasteiger partial charge in [0.2, 0.25) is 5.78 Å². The van der Waals surface area contributed by atoms with Crippen LogP contribution >= 0.6 is 27.3 Å². The molecule has 17 heavy (non-hydrogen) atoms. The van der Waals surface area contributed by atoms with Crippen LogP contribution in [0.1, 0.15) is 20.8 Å². The quantitative estimate of drug-likeness (QED) is 0.754. The Morgan fingerprint density at radius 2 is 2.00 bits per heavy atom. The van der Waals surface area contributed by atoms with Crippen LogP contribution in [0.25, 0.3) is 0 Å². The number of benzene rings is 1. The lowest BCUT2D eigenvalue weighted by molar-refractivity contribution is 0.103. The zero-order valence-electron chi connectivity index (χ0n) is 8.76. The molecule has 1 aromatic carbocycles. The molecule has 0 atom stereocenters. The number of thiophene rings is 1. The van der Waals surface area contributed by atoms with E-state index in [4.69, 9.17) is 0 Å². The maximum absolute atomic E-state index is 13.6. The van der Waals surface area contributed by atoms with Gasteiger partial charge in [-0.2, -0.15) is 0 Å². The number of halogens is 3. The zero-order valence-corrected chi connectivity index (χ0v) is 11.2. The summed E-state index contributed by atoms with van der Waals surface area (Å²) in [5, 5.41) is 1.71. The summed E-state index contributed by atoms with van der Waals surface area (Å²) in [6.45, 7) is 1.45. The second-order valence-electron chi connectivity index (χ2n) is 3.51. The number of hydrogen-bond acceptors (Lipinski definition) is 2. The van der Waals surface area contributed by atoms with Crippen LogP contribution in [0, 0.1) is 18.6 Å². The van der Waals surface area contributed by atoms with Crippen molar-refractivity contribution in [2.75, 3.05) is 0 Å². The van der Waals surface area contributed by atoms with Crippen LogP contribution in [0.2, 0.25) is 0 Å². The third-order valence-corrected chi connectivity index (χ3v) is 4.15. The van der Waals surface area contributed by atoms with Gasteiger partial charge < -0.3 is 0 Å². The topological polar surface area (TPSA) is 17.1 Å². The van der Waals surface area contributed by atoms with Gasteiger partial charge in [-0.1, -0.05) is 0 Å². The van der Waals surface area contributed by atoms with E-state index in [0.29, 0.717) is 9.35 Å². The van der Waals surface area contributed by atoms with Gasteiger partial charge in [-0.3, -0.25) is 4.79 Å². The molecular weight excluding hydrogens is 310 g/mol. The largest absolute Gasteiger partial charge is 0.288 e. The van der Waals surface area contributed by atoms with E-state index in [2.05, 4.69) is 15.9 Å². The third kappa shape index (κ3) is 2.30. The molecule has 0 aliphatic carbocycles. The van der Waals surface area contributed by atoms with Crippen molar-refractivity contribution in [2.45, 2.75) is 6.92 Å². The second kappa shape index (κ2) is 4.66. The van der Waals surface area contributed by atoms with E-state index in [1.54, 1.807) is 11.4 Å². The van der Waals surface area contributed by atoms with Crippen molar-refractivity contribution in [3.63, 3.8) is 0 Å². The molecule has 0 fully saturated rings. The first-order valence-corrected chi connectivity index (χ1v) is 6.41. The lowest BCUT2D eigenvalue weighted by Crippen LogP contribution is -2.04. The first-order chi connectivity index (χ1) is 8.00. The maximum atomic E-state index is 13.6. The first kappa shape index (κ1) is 12.4. The van der Waals surface area contributed by atoms with E-state index in [1.165, 1.54) is 18.3 Å². The predicted molar refractivity (Wildman–Crippen MR) is 66.5 cm³/mol. The summed E-state index contributed by atoms with van der Waals surface area (Å²) in [5.41, 5.74) is -0.0551. The molecule has 0 N–H and O–H groups in total. The Morgan fingerprint density at radius 3 is 2.59 bits per heavy atom. The van der Waals surface area contributed by atoms with Gasteiger partial charge in [0.1, 0.15) is 11.6 Å². The predicted octanol–water partition coefficient (Wildman–Crippen LogP) is 4.33. The average Bonchev–Trinajstić information content (AvgIpc) is 2.69. The van der Waals surface area contributed by atoms with Crippen molar-refractivity contribution in [3.05, 3.63) is 55.7 Å². The van der Waals surface area contributed by atoms with Gasteiger partial charge in [0, 0.05) is 4.47 Å². The highest BCUT2D eigenvalue weighted by Crippen LogP contribution is 2.27. The summed E-state index contributed by atoms with van der Waals surface area (Å²) in [6.07, 6.45) is 0. The summed E-state index contributed by atoms with van der Waals surface area (Å²) in [4.78, 5) is 12.4. The first-order valence-electron chi connectivity index (χ1n) is 4.74. The van der Waals surface area contributed by atoms with E-state index < -0.39 is 17.4 Å². The third-order valence-electron chi connectivity index (χ3n) is 2.32. The number of ketones is 1. The van der Waals surface area contributed by atoms with E-state index in [-0.39, 0.29) is 11.1 Å². The van der Waals surface area contributed by atoms with Crippen molar-refractivity contribution >= 4 is 33.0 Å². The van der Waals surface area contributed by atoms with Gasteiger partial charge in [0.25, 0.3) is 0 Å². The van der Waals surface area contributed by atoms with Gasteiger partial charge in [0.15, 0.2) is 0 Å². The Hall–Kier alpha value is -1.07. The van der Waals surface area contributed by atoms with E-state index in [9.17, 15) is 13.6 Å². The number of carbonyl (C=O) groups is 1. The molecule has 2 aromatic rings. The molecule has 0 bridgehead atoms. The molecule has 0 radical (unpaired) electrons. The molecule has 88 valence electrons. The van der Waals surface area contributed by atoms with Crippen molar-refractivity contribution in [2.24, 2.45) is 0 Å². The van der Waals surface area contributed by atoms with Crippen molar-refractivity contribution in [1.82, 2.24) is 0 Å². The Balaban J connectivity index is 2.52. The summed E-state index contributed by atoms with van der Waals surface area (Å²) in [5.74, 6) is -1.79. The number of hydrogen-bond donors (Lipinski definition) is 0. The number of carbonyl (C=O) groups excluding carboxylic acids is 1. The van der Waals surface area contributed by atoms with Gasteiger partial charge in [-0.05, 0) is 52.0 Å². The molecule has 1 aromatic heterocycles. The second-order valence-corrected chi connectivity index (χ2v) is 5.28. The van der Waals surface area contributed by atoms with E-state index >= 15 is 0 Å². The Morgan fingerprint density at radius 1 is 1.29 bits per heavy atom. The van der Waals surface area contributed by atoms with Crippen LogP contribution in [0.5, 0.6) is 0 Å². The molecule has 0 aliphatic rings. The van der Waals surface area contributed by atoms with Crippen LogP contribution in [-0.4, -0.2) is 5.78 Å². The number of rotatable bonds is 2. The summed E-state index contributed by atoms with van der Waals surface area (Å²) in [7, 11) is 0. The fraction of sp³-hybridized carbons (Fsp3) is 0.0833. The van der Waals surface area contributed by atoms with Gasteiger partial charge in [-0.25, -0.2) is 8.78 Å². The van der Waals surface area contributed by atoms with Crippen molar-refractivity contribution in [3.8, 4) is 0 Å². The molecule has 0 unspecified atom stereocenters. The summed E-state index contributed by atoms with van der Waals surface area (Å²) < 4.78 is 27.5. The molecule has 0 saturated heterocycles. The Bertz CT molecular complexity index is 592. The van der Waals surface area contributed by atoms with Gasteiger partial charge in [-0.15, -0.1) is 11.3 Å². The van der Waals surface area contributed by atoms with Gasteiger partial charge in [0.05, 0.1) is 10.4 Å². The molecule has 2 rings (SSSR count). The van der Waals surface area contributed by atoms with E-state index in [1.807, 2.05) is 0 Å². The number of aryl methyl sites for hydroxylation is 1. The molecule has 0 saturated carbocycles. The monoisotopic (exact) mass is 316 g/mol. The molecule has 1 heterocycles. The molecule has 5 heteroatoms. The maximum Gasteiger partial charge on any atom is 0.207 e. The van der Waals surface area contributed by atoms with Crippen LogP contribution < -0.4 is 0 Å². The highest BCUT2D eigenvalue weighted by atomic mass is 79.9. The smallest absolute Gasteiger partial charge is 0.207 e. The average molecular weight is 317 g/mol. The minimum Gasteiger partial charge on any atom is -0.288 e. The SMILES string of the molecule is Cc1cc(F)c(C(=O)c2sccc2Br)cc1F. The van der Waals surface area contributed by atoms with Gasteiger partial charge >= 0.3 is 0 Å². The van der Waals surface area contributed by atoms with Crippen molar-refractivity contribution < 1.29 is 13.6 Å². The van der Waals surface area contributed by atoms with Crippen molar-refractivity contribution in [1.29, 1.82) is 0 Å². The lowest BCUT2D eigenvalue weighted by Gasteiger charge is -2.04. The molecule has 0 amide bonds.